The average Bonchev–Trinajstić information content (AvgIpc) is 1.86. The fraction of sp³-hybridized carbons (Fsp3) is 0.200. The number of halogens is 2. The zero-order valence-corrected chi connectivity index (χ0v) is 11.4. The van der Waals surface area contributed by atoms with Crippen LogP contribution in [-0.2, 0) is 24.7 Å². The van der Waals surface area contributed by atoms with Crippen molar-refractivity contribution in [3.63, 3.8) is 0 Å². The van der Waals surface area contributed by atoms with Gasteiger partial charge >= 0.3 is 52.6 Å². The van der Waals surface area contributed by atoms with E-state index in [1.54, 1.807) is 28.0 Å². The van der Waals surface area contributed by atoms with Crippen molar-refractivity contribution in [1.29, 1.82) is 0 Å². The van der Waals surface area contributed by atoms with Crippen LogP contribution in [0.2, 0.25) is 0 Å². The van der Waals surface area contributed by atoms with E-state index in [0.29, 0.717) is 0 Å². The molecule has 0 atom stereocenters. The molecule has 0 aromatic carbocycles. The summed E-state index contributed by atoms with van der Waals surface area (Å²) in [5.41, 5.74) is 0. The molecule has 0 fully saturated rings. The third-order valence-electron chi connectivity index (χ3n) is 0.771. The molecule has 1 aliphatic rings. The van der Waals surface area contributed by atoms with Gasteiger partial charge in [0, 0.05) is 0 Å². The Morgan fingerprint density at radius 1 is 1.38 bits per heavy atom. The van der Waals surface area contributed by atoms with Gasteiger partial charge in [0.05, 0.1) is 0 Å². The summed E-state index contributed by atoms with van der Waals surface area (Å²) in [4.78, 5) is 0. The standard InChI is InChI=1S/C5H5.2HI.Zr/c1-2-4-5-3-1;;;/h1-3H,4H2;2*1H;. The second-order valence-corrected chi connectivity index (χ2v) is 2.90. The molecule has 0 saturated carbocycles. The monoisotopic (exact) mass is 411 g/mol. The van der Waals surface area contributed by atoms with E-state index in [1.807, 2.05) is 0 Å². The van der Waals surface area contributed by atoms with Crippen LogP contribution in [0.5, 0.6) is 0 Å². The molecule has 45 valence electrons. The van der Waals surface area contributed by atoms with Gasteiger partial charge in [0.25, 0.3) is 0 Å². The quantitative estimate of drug-likeness (QED) is 0.537. The third kappa shape index (κ3) is 4.68. The van der Waals surface area contributed by atoms with E-state index in [1.165, 1.54) is 6.42 Å². The summed E-state index contributed by atoms with van der Waals surface area (Å²) in [6.45, 7) is 0. The normalized spacial score (nSPS) is 13.6. The zero-order valence-electron chi connectivity index (χ0n) is 4.26. The van der Waals surface area contributed by atoms with Crippen LogP contribution in [0, 0.1) is 0 Å². The van der Waals surface area contributed by atoms with Gasteiger partial charge in [-0.15, -0.1) is 48.0 Å². The van der Waals surface area contributed by atoms with Crippen LogP contribution < -0.4 is 0 Å². The minimum absolute atomic E-state index is 0. The van der Waals surface area contributed by atoms with Crippen LogP contribution in [-0.4, -0.2) is 0 Å². The molecule has 0 saturated heterocycles. The summed E-state index contributed by atoms with van der Waals surface area (Å²) >= 11 is 1.56. The summed E-state index contributed by atoms with van der Waals surface area (Å²) in [5, 5.41) is 0. The first-order valence-corrected chi connectivity index (χ1v) is 3.20. The number of hydrogen-bond donors (Lipinski definition) is 0. The molecule has 0 spiro atoms. The van der Waals surface area contributed by atoms with Crippen LogP contribution in [0.3, 0.4) is 0 Å². The van der Waals surface area contributed by atoms with Gasteiger partial charge in [-0.25, -0.2) is 0 Å². The molecule has 8 heavy (non-hydrogen) atoms. The second-order valence-electron chi connectivity index (χ2n) is 1.32. The Kier molecular flexibility index (Phi) is 10.8. The van der Waals surface area contributed by atoms with Crippen molar-refractivity contribution in [2.24, 2.45) is 0 Å². The van der Waals surface area contributed by atoms with Gasteiger partial charge in [0.2, 0.25) is 0 Å². The molecule has 0 radical (unpaired) electrons. The summed E-state index contributed by atoms with van der Waals surface area (Å²) < 4.78 is 1.56. The molecule has 0 unspecified atom stereocenters. The molecule has 0 heterocycles. The Balaban J connectivity index is 0. The Morgan fingerprint density at radius 3 is 2.12 bits per heavy atom. The van der Waals surface area contributed by atoms with Crippen molar-refractivity contribution < 1.29 is 24.7 Å². The van der Waals surface area contributed by atoms with Crippen molar-refractivity contribution in [1.82, 2.24) is 0 Å². The molecular formula is C5H7I2Zr. The van der Waals surface area contributed by atoms with E-state index >= 15 is 0 Å². The van der Waals surface area contributed by atoms with E-state index in [2.05, 4.69) is 18.2 Å². The van der Waals surface area contributed by atoms with Crippen molar-refractivity contribution >= 4 is 48.0 Å². The summed E-state index contributed by atoms with van der Waals surface area (Å²) in [5.74, 6) is 0. The number of rotatable bonds is 0. The Labute approximate surface area is 99.1 Å². The molecule has 0 aromatic heterocycles. The molecule has 0 amide bonds. The summed E-state index contributed by atoms with van der Waals surface area (Å²) in [6, 6.07) is 0. The topological polar surface area (TPSA) is 0 Å². The first-order valence-electron chi connectivity index (χ1n) is 1.97. The first-order chi connectivity index (χ1) is 2.89. The van der Waals surface area contributed by atoms with E-state index in [0.717, 1.165) is 0 Å². The van der Waals surface area contributed by atoms with E-state index in [4.69, 9.17) is 0 Å². The fourth-order valence-electron chi connectivity index (χ4n) is 0.447. The Morgan fingerprint density at radius 2 is 2.00 bits per heavy atom. The molecule has 0 nitrogen and oxygen atoms in total. The van der Waals surface area contributed by atoms with Gasteiger partial charge in [0.15, 0.2) is 0 Å². The predicted octanol–water partition coefficient (Wildman–Crippen LogP) is 2.61. The second kappa shape index (κ2) is 6.94. The molecular weight excluding hydrogens is 405 g/mol. The SMILES string of the molecule is I.I.[Zr][C]1=CC=CC1. The first kappa shape index (κ1) is 12.5. The van der Waals surface area contributed by atoms with Crippen molar-refractivity contribution in [3.8, 4) is 0 Å². The molecule has 0 aliphatic heterocycles. The number of hydrogen-bond acceptors (Lipinski definition) is 0. The van der Waals surface area contributed by atoms with Crippen LogP contribution in [0.1, 0.15) is 6.42 Å². The molecule has 1 rings (SSSR count). The third-order valence-corrected chi connectivity index (χ3v) is 1.68. The number of allylic oxidation sites excluding steroid dienone is 4. The van der Waals surface area contributed by atoms with Gasteiger partial charge < -0.3 is 0 Å². The van der Waals surface area contributed by atoms with Crippen LogP contribution in [0.15, 0.2) is 21.5 Å². The van der Waals surface area contributed by atoms with Crippen LogP contribution in [0.4, 0.5) is 0 Å². The maximum absolute atomic E-state index is 2.18. The van der Waals surface area contributed by atoms with E-state index in [-0.39, 0.29) is 48.0 Å². The van der Waals surface area contributed by atoms with E-state index in [9.17, 15) is 0 Å². The van der Waals surface area contributed by atoms with Crippen molar-refractivity contribution in [3.05, 3.63) is 21.5 Å². The van der Waals surface area contributed by atoms with Crippen LogP contribution in [0.25, 0.3) is 0 Å². The molecule has 3 heteroatoms. The summed E-state index contributed by atoms with van der Waals surface area (Å²) in [6.07, 6.45) is 7.69. The van der Waals surface area contributed by atoms with Gasteiger partial charge in [0.1, 0.15) is 0 Å². The average molecular weight is 412 g/mol. The predicted molar refractivity (Wildman–Crippen MR) is 52.7 cm³/mol. The zero-order chi connectivity index (χ0) is 4.41. The molecule has 0 bridgehead atoms. The molecule has 0 aromatic rings. The maximum atomic E-state index is 2.18. The van der Waals surface area contributed by atoms with Gasteiger partial charge in [-0.3, -0.25) is 0 Å². The molecule has 0 N–H and O–H groups in total. The summed E-state index contributed by atoms with van der Waals surface area (Å²) in [7, 11) is 0. The fourth-order valence-corrected chi connectivity index (χ4v) is 0.973. The Hall–Kier alpha value is 1.82. The Bertz CT molecular complexity index is 107. The van der Waals surface area contributed by atoms with Gasteiger partial charge in [-0.1, -0.05) is 0 Å². The van der Waals surface area contributed by atoms with Crippen LogP contribution >= 0.6 is 48.0 Å². The van der Waals surface area contributed by atoms with Gasteiger partial charge in [-0.05, 0) is 0 Å². The van der Waals surface area contributed by atoms with Gasteiger partial charge in [-0.2, -0.15) is 0 Å². The van der Waals surface area contributed by atoms with Crippen molar-refractivity contribution in [2.45, 2.75) is 6.42 Å². The molecule has 1 aliphatic carbocycles. The van der Waals surface area contributed by atoms with E-state index < -0.39 is 0 Å². The van der Waals surface area contributed by atoms with Crippen molar-refractivity contribution in [2.75, 3.05) is 0 Å². The minimum atomic E-state index is 0.